The number of nitrogens with zero attached hydrogens (tertiary/aromatic N) is 2. The van der Waals surface area contributed by atoms with Gasteiger partial charge in [-0.3, -0.25) is 0 Å². The normalized spacial score (nSPS) is 10.8. The lowest BCUT2D eigenvalue weighted by atomic mass is 10.1. The van der Waals surface area contributed by atoms with E-state index in [1.54, 1.807) is 23.5 Å². The number of aromatic nitrogens is 2. The molecule has 4 nitrogen and oxygen atoms in total. The number of nitrogens with one attached hydrogen (secondary N) is 1. The summed E-state index contributed by atoms with van der Waals surface area (Å²) in [6.45, 7) is 5.03. The van der Waals surface area contributed by atoms with Crippen LogP contribution in [0.5, 0.6) is 5.75 Å². The second-order valence-electron chi connectivity index (χ2n) is 4.62. The van der Waals surface area contributed by atoms with Crippen LogP contribution in [0.1, 0.15) is 24.4 Å². The largest absolute Gasteiger partial charge is 0.508 e. The SMILES string of the molecule is CC(C)Cc1nnc(NCc2ccc(O)cc2)s1. The van der Waals surface area contributed by atoms with Crippen molar-refractivity contribution in [3.8, 4) is 5.75 Å². The third-order valence-corrected chi connectivity index (χ3v) is 3.33. The molecule has 18 heavy (non-hydrogen) atoms. The minimum atomic E-state index is 0.286. The molecule has 96 valence electrons. The van der Waals surface area contributed by atoms with E-state index in [1.807, 2.05) is 12.1 Å². The first-order valence-electron chi connectivity index (χ1n) is 5.97. The molecule has 1 aromatic heterocycles. The minimum Gasteiger partial charge on any atom is -0.508 e. The fourth-order valence-corrected chi connectivity index (χ4v) is 2.50. The predicted octanol–water partition coefficient (Wildman–Crippen LogP) is 3.05. The lowest BCUT2D eigenvalue weighted by Crippen LogP contribution is -1.98. The Bertz CT molecular complexity index is 493. The van der Waals surface area contributed by atoms with E-state index in [9.17, 15) is 5.11 Å². The summed E-state index contributed by atoms with van der Waals surface area (Å²) in [6, 6.07) is 7.14. The smallest absolute Gasteiger partial charge is 0.205 e. The van der Waals surface area contributed by atoms with Crippen LogP contribution in [0.15, 0.2) is 24.3 Å². The zero-order valence-corrected chi connectivity index (χ0v) is 11.4. The van der Waals surface area contributed by atoms with Crippen LogP contribution in [0.2, 0.25) is 0 Å². The lowest BCUT2D eigenvalue weighted by Gasteiger charge is -2.02. The Kier molecular flexibility index (Phi) is 4.15. The predicted molar refractivity (Wildman–Crippen MR) is 73.9 cm³/mol. The van der Waals surface area contributed by atoms with Gasteiger partial charge in [0.1, 0.15) is 10.8 Å². The van der Waals surface area contributed by atoms with E-state index >= 15 is 0 Å². The van der Waals surface area contributed by atoms with Gasteiger partial charge in [-0.25, -0.2) is 0 Å². The first-order chi connectivity index (χ1) is 8.63. The highest BCUT2D eigenvalue weighted by Gasteiger charge is 2.05. The van der Waals surface area contributed by atoms with Crippen molar-refractivity contribution in [3.63, 3.8) is 0 Å². The highest BCUT2D eigenvalue weighted by atomic mass is 32.1. The highest BCUT2D eigenvalue weighted by molar-refractivity contribution is 7.15. The van der Waals surface area contributed by atoms with Crippen LogP contribution in [0.3, 0.4) is 0 Å². The van der Waals surface area contributed by atoms with E-state index in [2.05, 4.69) is 29.4 Å². The monoisotopic (exact) mass is 263 g/mol. The first-order valence-corrected chi connectivity index (χ1v) is 6.79. The van der Waals surface area contributed by atoms with E-state index in [0.717, 1.165) is 22.1 Å². The average molecular weight is 263 g/mol. The quantitative estimate of drug-likeness (QED) is 0.870. The van der Waals surface area contributed by atoms with Crippen LogP contribution >= 0.6 is 11.3 Å². The molecule has 2 aromatic rings. The van der Waals surface area contributed by atoms with E-state index in [4.69, 9.17) is 0 Å². The second-order valence-corrected chi connectivity index (χ2v) is 5.68. The van der Waals surface area contributed by atoms with E-state index < -0.39 is 0 Å². The Morgan fingerprint density at radius 2 is 1.94 bits per heavy atom. The maximum Gasteiger partial charge on any atom is 0.205 e. The van der Waals surface area contributed by atoms with Gasteiger partial charge in [0.2, 0.25) is 5.13 Å². The molecule has 0 aliphatic carbocycles. The summed E-state index contributed by atoms with van der Waals surface area (Å²) in [5, 5.41) is 22.6. The summed E-state index contributed by atoms with van der Waals surface area (Å²) in [5.74, 6) is 0.886. The number of benzene rings is 1. The van der Waals surface area contributed by atoms with Gasteiger partial charge < -0.3 is 10.4 Å². The minimum absolute atomic E-state index is 0.286. The number of phenolic OH excluding ortho intramolecular Hbond substituents is 1. The van der Waals surface area contributed by atoms with Crippen LogP contribution in [-0.4, -0.2) is 15.3 Å². The van der Waals surface area contributed by atoms with Gasteiger partial charge in [0, 0.05) is 13.0 Å². The van der Waals surface area contributed by atoms with Crippen molar-refractivity contribution >= 4 is 16.5 Å². The molecule has 0 fully saturated rings. The van der Waals surface area contributed by atoms with E-state index in [-0.39, 0.29) is 5.75 Å². The topological polar surface area (TPSA) is 58.0 Å². The standard InChI is InChI=1S/C13H17N3OS/c1-9(2)7-12-15-16-13(18-12)14-8-10-3-5-11(17)6-4-10/h3-6,9,17H,7-8H2,1-2H3,(H,14,16). The Hall–Kier alpha value is -1.62. The average Bonchev–Trinajstić information content (AvgIpc) is 2.75. The fourth-order valence-electron chi connectivity index (χ4n) is 1.55. The summed E-state index contributed by atoms with van der Waals surface area (Å²) in [7, 11) is 0. The van der Waals surface area contributed by atoms with Crippen molar-refractivity contribution in [2.45, 2.75) is 26.8 Å². The molecule has 0 amide bonds. The molecule has 0 radical (unpaired) electrons. The van der Waals surface area contributed by atoms with Crippen molar-refractivity contribution in [3.05, 3.63) is 34.8 Å². The first kappa shape index (κ1) is 12.8. The molecule has 1 aromatic carbocycles. The highest BCUT2D eigenvalue weighted by Crippen LogP contribution is 2.19. The Balaban J connectivity index is 1.90. The van der Waals surface area contributed by atoms with Gasteiger partial charge in [0.25, 0.3) is 0 Å². The lowest BCUT2D eigenvalue weighted by molar-refractivity contribution is 0.475. The maximum absolute atomic E-state index is 9.19. The number of aromatic hydroxyl groups is 1. The molecule has 0 aliphatic heterocycles. The van der Waals surface area contributed by atoms with Gasteiger partial charge in [-0.05, 0) is 23.6 Å². The Morgan fingerprint density at radius 3 is 2.61 bits per heavy atom. The number of rotatable bonds is 5. The van der Waals surface area contributed by atoms with Gasteiger partial charge in [0.15, 0.2) is 0 Å². The summed E-state index contributed by atoms with van der Waals surface area (Å²) < 4.78 is 0. The van der Waals surface area contributed by atoms with Gasteiger partial charge in [-0.1, -0.05) is 37.3 Å². The molecular formula is C13H17N3OS. The second kappa shape index (κ2) is 5.82. The molecule has 0 aliphatic rings. The summed E-state index contributed by atoms with van der Waals surface area (Å²) >= 11 is 1.60. The van der Waals surface area contributed by atoms with Crippen molar-refractivity contribution in [2.24, 2.45) is 5.92 Å². The zero-order valence-electron chi connectivity index (χ0n) is 10.6. The Morgan fingerprint density at radius 1 is 1.22 bits per heavy atom. The molecule has 0 saturated carbocycles. The molecule has 5 heteroatoms. The van der Waals surface area contributed by atoms with Crippen LogP contribution < -0.4 is 5.32 Å². The molecule has 0 spiro atoms. The van der Waals surface area contributed by atoms with Gasteiger partial charge in [-0.15, -0.1) is 10.2 Å². The van der Waals surface area contributed by atoms with Crippen molar-refractivity contribution < 1.29 is 5.11 Å². The Labute approximate surface area is 111 Å². The van der Waals surface area contributed by atoms with Gasteiger partial charge in [-0.2, -0.15) is 0 Å². The molecule has 1 heterocycles. The zero-order chi connectivity index (χ0) is 13.0. The number of anilines is 1. The van der Waals surface area contributed by atoms with Gasteiger partial charge in [0.05, 0.1) is 0 Å². The van der Waals surface area contributed by atoms with E-state index in [0.29, 0.717) is 12.5 Å². The van der Waals surface area contributed by atoms with Crippen LogP contribution in [0.4, 0.5) is 5.13 Å². The number of hydrogen-bond acceptors (Lipinski definition) is 5. The third-order valence-electron chi connectivity index (χ3n) is 2.43. The molecule has 0 atom stereocenters. The molecule has 0 bridgehead atoms. The van der Waals surface area contributed by atoms with Crippen LogP contribution in [0.25, 0.3) is 0 Å². The van der Waals surface area contributed by atoms with Crippen molar-refractivity contribution in [1.82, 2.24) is 10.2 Å². The van der Waals surface area contributed by atoms with Crippen molar-refractivity contribution in [1.29, 1.82) is 0 Å². The summed E-state index contributed by atoms with van der Waals surface area (Å²) in [5.41, 5.74) is 1.11. The van der Waals surface area contributed by atoms with E-state index in [1.165, 1.54) is 0 Å². The summed E-state index contributed by atoms with van der Waals surface area (Å²) in [4.78, 5) is 0. The fraction of sp³-hybridized carbons (Fsp3) is 0.385. The molecule has 2 rings (SSSR count). The van der Waals surface area contributed by atoms with Crippen LogP contribution in [-0.2, 0) is 13.0 Å². The molecule has 0 saturated heterocycles. The maximum atomic E-state index is 9.19. The third kappa shape index (κ3) is 3.70. The number of hydrogen-bond donors (Lipinski definition) is 2. The molecule has 0 unspecified atom stereocenters. The molecule has 2 N–H and O–H groups in total. The summed E-state index contributed by atoms with van der Waals surface area (Å²) in [6.07, 6.45) is 0.971. The van der Waals surface area contributed by atoms with Crippen LogP contribution in [0, 0.1) is 5.92 Å². The van der Waals surface area contributed by atoms with Gasteiger partial charge >= 0.3 is 0 Å². The number of phenols is 1. The van der Waals surface area contributed by atoms with Crippen molar-refractivity contribution in [2.75, 3.05) is 5.32 Å². The molecular weight excluding hydrogens is 246 g/mol.